The van der Waals surface area contributed by atoms with Crippen LogP contribution in [0.5, 0.6) is 0 Å². The molecular formula is C22H21ClFN3O3. The number of anilines is 2. The van der Waals surface area contributed by atoms with E-state index in [1.807, 2.05) is 13.8 Å². The minimum atomic E-state index is -0.605. The fourth-order valence-electron chi connectivity index (χ4n) is 2.95. The molecule has 0 fully saturated rings. The molecule has 2 N–H and O–H groups in total. The lowest BCUT2D eigenvalue weighted by Crippen LogP contribution is -2.15. The number of benzene rings is 2. The Bertz CT molecular complexity index is 1060. The Balaban J connectivity index is 1.79. The number of halogens is 2. The molecule has 3 aromatic rings. The quantitative estimate of drug-likeness (QED) is 0.528. The zero-order valence-corrected chi connectivity index (χ0v) is 17.5. The van der Waals surface area contributed by atoms with Crippen LogP contribution in [0.3, 0.4) is 0 Å². The van der Waals surface area contributed by atoms with Gasteiger partial charge in [0.25, 0.3) is 5.91 Å². The van der Waals surface area contributed by atoms with Crippen LogP contribution in [0.2, 0.25) is 5.02 Å². The summed E-state index contributed by atoms with van der Waals surface area (Å²) in [7, 11) is 0. The molecule has 0 saturated heterocycles. The molecule has 0 aliphatic rings. The van der Waals surface area contributed by atoms with E-state index in [4.69, 9.17) is 16.1 Å². The predicted molar refractivity (Wildman–Crippen MR) is 114 cm³/mol. The minimum absolute atomic E-state index is 0.00406. The maximum atomic E-state index is 14.3. The predicted octanol–water partition coefficient (Wildman–Crippen LogP) is 5.68. The van der Waals surface area contributed by atoms with Gasteiger partial charge >= 0.3 is 0 Å². The van der Waals surface area contributed by atoms with Crippen molar-refractivity contribution in [2.75, 3.05) is 10.6 Å². The zero-order chi connectivity index (χ0) is 21.8. The highest BCUT2D eigenvalue weighted by Crippen LogP contribution is 2.33. The number of nitrogens with zero attached hydrogens (tertiary/aromatic N) is 1. The second kappa shape index (κ2) is 9.09. The fraction of sp³-hybridized carbons (Fsp3) is 0.227. The molecule has 1 heterocycles. The summed E-state index contributed by atoms with van der Waals surface area (Å²) >= 11 is 6.11. The average molecular weight is 430 g/mol. The van der Waals surface area contributed by atoms with E-state index in [0.717, 1.165) is 0 Å². The van der Waals surface area contributed by atoms with Crippen LogP contribution in [-0.2, 0) is 4.79 Å². The Labute approximate surface area is 178 Å². The lowest BCUT2D eigenvalue weighted by atomic mass is 10.0. The molecule has 2 aromatic carbocycles. The normalized spacial score (nSPS) is 10.9. The minimum Gasteiger partial charge on any atom is -0.360 e. The lowest BCUT2D eigenvalue weighted by molar-refractivity contribution is -0.116. The topological polar surface area (TPSA) is 84.2 Å². The van der Waals surface area contributed by atoms with E-state index in [9.17, 15) is 14.0 Å². The van der Waals surface area contributed by atoms with Gasteiger partial charge in [0.2, 0.25) is 5.91 Å². The Morgan fingerprint density at radius 1 is 1.10 bits per heavy atom. The molecule has 0 atom stereocenters. The lowest BCUT2D eigenvalue weighted by Gasteiger charge is -2.10. The summed E-state index contributed by atoms with van der Waals surface area (Å²) < 4.78 is 19.4. The molecule has 2 amide bonds. The van der Waals surface area contributed by atoms with Gasteiger partial charge in [-0.15, -0.1) is 0 Å². The van der Waals surface area contributed by atoms with Crippen LogP contribution in [-0.4, -0.2) is 17.0 Å². The summed E-state index contributed by atoms with van der Waals surface area (Å²) in [4.78, 5) is 24.7. The Hall–Kier alpha value is -3.19. The van der Waals surface area contributed by atoms with E-state index < -0.39 is 11.7 Å². The maximum absolute atomic E-state index is 14.3. The number of nitrogens with one attached hydrogen (secondary N) is 2. The van der Waals surface area contributed by atoms with Gasteiger partial charge in [0, 0.05) is 17.8 Å². The fourth-order valence-corrected chi connectivity index (χ4v) is 3.20. The van der Waals surface area contributed by atoms with Gasteiger partial charge in [-0.2, -0.15) is 0 Å². The Morgan fingerprint density at radius 2 is 1.73 bits per heavy atom. The average Bonchev–Trinajstić information content (AvgIpc) is 3.04. The SMILES string of the molecule is Cc1onc(-c2c(F)cccc2Cl)c1C(=O)Nc1ccc(NC(=O)CC(C)C)cc1. The number of hydrogen-bond acceptors (Lipinski definition) is 4. The smallest absolute Gasteiger partial charge is 0.261 e. The van der Waals surface area contributed by atoms with Crippen molar-refractivity contribution in [1.82, 2.24) is 5.16 Å². The second-order valence-electron chi connectivity index (χ2n) is 7.24. The van der Waals surface area contributed by atoms with E-state index in [1.54, 1.807) is 31.2 Å². The van der Waals surface area contributed by atoms with Gasteiger partial charge in [-0.1, -0.05) is 36.7 Å². The number of rotatable bonds is 6. The summed E-state index contributed by atoms with van der Waals surface area (Å²) in [6, 6.07) is 10.9. The van der Waals surface area contributed by atoms with Gasteiger partial charge in [0.1, 0.15) is 22.8 Å². The van der Waals surface area contributed by atoms with Crippen LogP contribution in [0.25, 0.3) is 11.3 Å². The third-order valence-corrected chi connectivity index (χ3v) is 4.62. The highest BCUT2D eigenvalue weighted by molar-refractivity contribution is 6.33. The Morgan fingerprint density at radius 3 is 2.33 bits per heavy atom. The third-order valence-electron chi connectivity index (χ3n) is 4.31. The standard InChI is InChI=1S/C22H21ClFN3O3/c1-12(2)11-18(28)25-14-7-9-15(10-8-14)26-22(29)19-13(3)30-27-21(19)20-16(23)5-4-6-17(20)24/h4-10,12H,11H2,1-3H3,(H,25,28)(H,26,29). The van der Waals surface area contributed by atoms with Crippen molar-refractivity contribution < 1.29 is 18.5 Å². The summed E-state index contributed by atoms with van der Waals surface area (Å²) in [5.41, 5.74) is 1.25. The molecule has 0 aliphatic heterocycles. The van der Waals surface area contributed by atoms with Gasteiger partial charge in [-0.25, -0.2) is 4.39 Å². The molecule has 0 radical (unpaired) electrons. The van der Waals surface area contributed by atoms with Gasteiger partial charge in [-0.05, 0) is 49.2 Å². The number of carbonyl (C=O) groups excluding carboxylic acids is 2. The van der Waals surface area contributed by atoms with Crippen LogP contribution in [0.1, 0.15) is 36.4 Å². The third kappa shape index (κ3) is 4.86. The summed E-state index contributed by atoms with van der Waals surface area (Å²) in [6.45, 7) is 5.49. The molecular weight excluding hydrogens is 409 g/mol. The zero-order valence-electron chi connectivity index (χ0n) is 16.8. The largest absolute Gasteiger partial charge is 0.360 e. The van der Waals surface area contributed by atoms with Crippen LogP contribution in [0.4, 0.5) is 15.8 Å². The highest BCUT2D eigenvalue weighted by Gasteiger charge is 2.25. The first kappa shape index (κ1) is 21.5. The summed E-state index contributed by atoms with van der Waals surface area (Å²) in [6.07, 6.45) is 0.423. The second-order valence-corrected chi connectivity index (χ2v) is 7.64. The molecule has 0 spiro atoms. The number of aromatic nitrogens is 1. The van der Waals surface area contributed by atoms with E-state index >= 15 is 0 Å². The van der Waals surface area contributed by atoms with Gasteiger partial charge in [-0.3, -0.25) is 9.59 Å². The van der Waals surface area contributed by atoms with Gasteiger partial charge < -0.3 is 15.2 Å². The van der Waals surface area contributed by atoms with Crippen molar-refractivity contribution in [3.05, 3.63) is 64.6 Å². The van der Waals surface area contributed by atoms with E-state index in [0.29, 0.717) is 17.8 Å². The van der Waals surface area contributed by atoms with Crippen molar-refractivity contribution >= 4 is 34.8 Å². The van der Waals surface area contributed by atoms with E-state index in [-0.39, 0.29) is 39.4 Å². The van der Waals surface area contributed by atoms with Crippen LogP contribution >= 0.6 is 11.6 Å². The van der Waals surface area contributed by atoms with Crippen molar-refractivity contribution in [2.24, 2.45) is 5.92 Å². The number of aryl methyl sites for hydroxylation is 1. The molecule has 0 unspecified atom stereocenters. The molecule has 0 bridgehead atoms. The van der Waals surface area contributed by atoms with Crippen molar-refractivity contribution in [3.63, 3.8) is 0 Å². The molecule has 0 aliphatic carbocycles. The van der Waals surface area contributed by atoms with Crippen molar-refractivity contribution in [3.8, 4) is 11.3 Å². The molecule has 156 valence electrons. The number of hydrogen-bond donors (Lipinski definition) is 2. The van der Waals surface area contributed by atoms with Gasteiger partial charge in [0.05, 0.1) is 10.6 Å². The molecule has 1 aromatic heterocycles. The monoisotopic (exact) mass is 429 g/mol. The molecule has 3 rings (SSSR count). The van der Waals surface area contributed by atoms with Crippen molar-refractivity contribution in [2.45, 2.75) is 27.2 Å². The van der Waals surface area contributed by atoms with Crippen LogP contribution in [0.15, 0.2) is 47.0 Å². The van der Waals surface area contributed by atoms with E-state index in [1.165, 1.54) is 18.2 Å². The van der Waals surface area contributed by atoms with Crippen molar-refractivity contribution in [1.29, 1.82) is 0 Å². The molecule has 0 saturated carbocycles. The number of amides is 2. The first-order valence-corrected chi connectivity index (χ1v) is 9.76. The first-order chi connectivity index (χ1) is 14.3. The Kier molecular flexibility index (Phi) is 6.52. The van der Waals surface area contributed by atoms with Gasteiger partial charge in [0.15, 0.2) is 0 Å². The summed E-state index contributed by atoms with van der Waals surface area (Å²) in [5, 5.41) is 9.49. The highest BCUT2D eigenvalue weighted by atomic mass is 35.5. The van der Waals surface area contributed by atoms with Crippen LogP contribution in [0, 0.1) is 18.7 Å². The maximum Gasteiger partial charge on any atom is 0.261 e. The van der Waals surface area contributed by atoms with Crippen LogP contribution < -0.4 is 10.6 Å². The number of carbonyl (C=O) groups is 2. The first-order valence-electron chi connectivity index (χ1n) is 9.38. The molecule has 6 nitrogen and oxygen atoms in total. The molecule has 30 heavy (non-hydrogen) atoms. The summed E-state index contributed by atoms with van der Waals surface area (Å²) in [5.74, 6) is -0.703. The molecule has 8 heteroatoms. The van der Waals surface area contributed by atoms with E-state index in [2.05, 4.69) is 15.8 Å².